The van der Waals surface area contributed by atoms with Crippen molar-refractivity contribution in [3.8, 4) is 23.0 Å². The molecular weight excluding hydrogens is 436 g/mol. The molecule has 8 nitrogen and oxygen atoms in total. The first kappa shape index (κ1) is 22.7. The average molecular weight is 460 g/mol. The molecule has 0 radical (unpaired) electrons. The highest BCUT2D eigenvalue weighted by molar-refractivity contribution is 6.46. The molecule has 0 spiro atoms. The summed E-state index contributed by atoms with van der Waals surface area (Å²) in [6.07, 6.45) is 0. The van der Waals surface area contributed by atoms with E-state index in [0.29, 0.717) is 39.9 Å². The van der Waals surface area contributed by atoms with E-state index in [0.717, 1.165) is 4.90 Å². The number of anilines is 2. The molecule has 0 saturated heterocycles. The zero-order valence-corrected chi connectivity index (χ0v) is 19.2. The molecule has 1 heterocycles. The molecule has 0 aliphatic carbocycles. The number of nitrogens with zero attached hydrogens (tertiary/aromatic N) is 1. The van der Waals surface area contributed by atoms with Gasteiger partial charge in [-0.1, -0.05) is 30.3 Å². The van der Waals surface area contributed by atoms with E-state index in [4.69, 9.17) is 18.9 Å². The summed E-state index contributed by atoms with van der Waals surface area (Å²) in [5, 5.41) is 3.12. The molecule has 174 valence electrons. The SMILES string of the molecule is COc1cc(NC2=C(c3ccccc3OC)C(=O)N(c3ccccc3OC)C2=O)cc(OC)c1. The van der Waals surface area contributed by atoms with Crippen molar-refractivity contribution in [2.75, 3.05) is 38.7 Å². The molecule has 3 aromatic carbocycles. The smallest absolute Gasteiger partial charge is 0.282 e. The van der Waals surface area contributed by atoms with E-state index in [9.17, 15) is 9.59 Å². The monoisotopic (exact) mass is 460 g/mol. The van der Waals surface area contributed by atoms with Gasteiger partial charge in [0.05, 0.1) is 39.7 Å². The van der Waals surface area contributed by atoms with Gasteiger partial charge in [-0.3, -0.25) is 9.59 Å². The second-order valence-electron chi connectivity index (χ2n) is 7.29. The summed E-state index contributed by atoms with van der Waals surface area (Å²) in [5.41, 5.74) is 1.61. The molecule has 0 bridgehead atoms. The second-order valence-corrected chi connectivity index (χ2v) is 7.29. The minimum atomic E-state index is -0.530. The molecule has 0 atom stereocenters. The van der Waals surface area contributed by atoms with Crippen molar-refractivity contribution < 1.29 is 28.5 Å². The number of hydrogen-bond donors (Lipinski definition) is 1. The Morgan fingerprint density at radius 3 is 1.88 bits per heavy atom. The van der Waals surface area contributed by atoms with E-state index in [2.05, 4.69) is 5.32 Å². The van der Waals surface area contributed by atoms with Crippen LogP contribution >= 0.6 is 0 Å². The average Bonchev–Trinajstić information content (AvgIpc) is 3.12. The molecular formula is C26H24N2O6. The second kappa shape index (κ2) is 9.58. The highest BCUT2D eigenvalue weighted by atomic mass is 16.5. The number of imide groups is 1. The van der Waals surface area contributed by atoms with E-state index in [1.54, 1.807) is 66.7 Å². The molecule has 0 aromatic heterocycles. The van der Waals surface area contributed by atoms with Gasteiger partial charge in [0.15, 0.2) is 0 Å². The maximum atomic E-state index is 13.7. The van der Waals surface area contributed by atoms with E-state index < -0.39 is 11.8 Å². The Bertz CT molecular complexity index is 1260. The fourth-order valence-electron chi connectivity index (χ4n) is 3.80. The summed E-state index contributed by atoms with van der Waals surface area (Å²) >= 11 is 0. The first-order chi connectivity index (χ1) is 16.5. The van der Waals surface area contributed by atoms with Crippen molar-refractivity contribution in [2.24, 2.45) is 0 Å². The van der Waals surface area contributed by atoms with Gasteiger partial charge in [-0.15, -0.1) is 0 Å². The van der Waals surface area contributed by atoms with Crippen molar-refractivity contribution in [3.05, 3.63) is 78.0 Å². The number of benzene rings is 3. The fraction of sp³-hybridized carbons (Fsp3) is 0.154. The largest absolute Gasteiger partial charge is 0.497 e. The number of carbonyl (C=O) groups is 2. The standard InChI is InChI=1S/C26H24N2O6/c1-31-17-13-16(14-18(15-17)32-2)27-24-23(19-9-5-7-11-21(19)33-3)25(29)28(26(24)30)20-10-6-8-12-22(20)34-4/h5-15,27H,1-4H3. The minimum absolute atomic E-state index is 0.0933. The van der Waals surface area contributed by atoms with Gasteiger partial charge in [-0.2, -0.15) is 0 Å². The van der Waals surface area contributed by atoms with Gasteiger partial charge in [-0.25, -0.2) is 4.90 Å². The summed E-state index contributed by atoms with van der Waals surface area (Å²) in [5.74, 6) is 0.878. The lowest BCUT2D eigenvalue weighted by molar-refractivity contribution is -0.120. The van der Waals surface area contributed by atoms with Gasteiger partial charge >= 0.3 is 0 Å². The number of hydrogen-bond acceptors (Lipinski definition) is 7. The number of methoxy groups -OCH3 is 4. The van der Waals surface area contributed by atoms with Crippen molar-refractivity contribution in [3.63, 3.8) is 0 Å². The molecule has 0 fully saturated rings. The van der Waals surface area contributed by atoms with Gasteiger partial charge in [0.1, 0.15) is 28.7 Å². The quantitative estimate of drug-likeness (QED) is 0.506. The number of ether oxygens (including phenoxy) is 4. The van der Waals surface area contributed by atoms with Crippen LogP contribution in [0.4, 0.5) is 11.4 Å². The van der Waals surface area contributed by atoms with Crippen molar-refractivity contribution in [2.45, 2.75) is 0 Å². The van der Waals surface area contributed by atoms with Gasteiger partial charge in [-0.05, 0) is 18.2 Å². The highest BCUT2D eigenvalue weighted by Crippen LogP contribution is 2.40. The number of carbonyl (C=O) groups excluding carboxylic acids is 2. The van der Waals surface area contributed by atoms with Crippen LogP contribution in [0.5, 0.6) is 23.0 Å². The third kappa shape index (κ3) is 4.01. The maximum absolute atomic E-state index is 13.7. The summed E-state index contributed by atoms with van der Waals surface area (Å²) in [7, 11) is 6.07. The molecule has 1 aliphatic heterocycles. The van der Waals surface area contributed by atoms with Crippen LogP contribution < -0.4 is 29.2 Å². The minimum Gasteiger partial charge on any atom is -0.497 e. The number of rotatable bonds is 8. The Balaban J connectivity index is 1.89. The van der Waals surface area contributed by atoms with Crippen LogP contribution in [0.1, 0.15) is 5.56 Å². The third-order valence-corrected chi connectivity index (χ3v) is 5.41. The predicted molar refractivity (Wildman–Crippen MR) is 129 cm³/mol. The summed E-state index contributed by atoms with van der Waals surface area (Å²) in [4.78, 5) is 28.6. The van der Waals surface area contributed by atoms with Crippen molar-refractivity contribution in [1.29, 1.82) is 0 Å². The highest BCUT2D eigenvalue weighted by Gasteiger charge is 2.42. The van der Waals surface area contributed by atoms with Crippen LogP contribution in [0.2, 0.25) is 0 Å². The normalized spacial score (nSPS) is 13.2. The van der Waals surface area contributed by atoms with E-state index in [-0.39, 0.29) is 11.3 Å². The molecule has 1 N–H and O–H groups in total. The van der Waals surface area contributed by atoms with Crippen molar-refractivity contribution >= 4 is 28.8 Å². The maximum Gasteiger partial charge on any atom is 0.282 e. The summed E-state index contributed by atoms with van der Waals surface area (Å²) in [6.45, 7) is 0. The molecule has 0 unspecified atom stereocenters. The van der Waals surface area contributed by atoms with Gasteiger partial charge in [0.25, 0.3) is 11.8 Å². The Morgan fingerprint density at radius 1 is 0.676 bits per heavy atom. The number of para-hydroxylation sites is 3. The topological polar surface area (TPSA) is 86.3 Å². The molecule has 3 aromatic rings. The zero-order chi connectivity index (χ0) is 24.2. The van der Waals surface area contributed by atoms with Crippen LogP contribution in [-0.4, -0.2) is 40.3 Å². The summed E-state index contributed by atoms with van der Waals surface area (Å²) < 4.78 is 21.6. The molecule has 0 saturated carbocycles. The lowest BCUT2D eigenvalue weighted by atomic mass is 10.0. The van der Waals surface area contributed by atoms with E-state index in [1.807, 2.05) is 0 Å². The van der Waals surface area contributed by atoms with Crippen LogP contribution in [0.3, 0.4) is 0 Å². The van der Waals surface area contributed by atoms with E-state index >= 15 is 0 Å². The Morgan fingerprint density at radius 2 is 1.26 bits per heavy atom. The third-order valence-electron chi connectivity index (χ3n) is 5.41. The first-order valence-electron chi connectivity index (χ1n) is 10.4. The Kier molecular flexibility index (Phi) is 6.40. The number of amides is 2. The molecule has 4 rings (SSSR count). The van der Waals surface area contributed by atoms with Crippen LogP contribution in [0.25, 0.3) is 5.57 Å². The van der Waals surface area contributed by atoms with E-state index in [1.165, 1.54) is 28.4 Å². The Hall–Kier alpha value is -4.46. The van der Waals surface area contributed by atoms with Gasteiger partial charge < -0.3 is 24.3 Å². The molecule has 34 heavy (non-hydrogen) atoms. The Labute approximate surface area is 197 Å². The van der Waals surface area contributed by atoms with Gasteiger partial charge in [0.2, 0.25) is 0 Å². The lowest BCUT2D eigenvalue weighted by Crippen LogP contribution is -2.32. The summed E-state index contributed by atoms with van der Waals surface area (Å²) in [6, 6.07) is 19.0. The van der Waals surface area contributed by atoms with Gasteiger partial charge in [0, 0.05) is 29.4 Å². The molecule has 1 aliphatic rings. The molecule has 8 heteroatoms. The zero-order valence-electron chi connectivity index (χ0n) is 19.2. The van der Waals surface area contributed by atoms with Crippen LogP contribution in [0.15, 0.2) is 72.4 Å². The molecule has 2 amide bonds. The fourth-order valence-corrected chi connectivity index (χ4v) is 3.80. The lowest BCUT2D eigenvalue weighted by Gasteiger charge is -2.18. The van der Waals surface area contributed by atoms with Crippen LogP contribution in [0, 0.1) is 0 Å². The predicted octanol–water partition coefficient (Wildman–Crippen LogP) is 4.12. The van der Waals surface area contributed by atoms with Crippen LogP contribution in [-0.2, 0) is 9.59 Å². The first-order valence-corrected chi connectivity index (χ1v) is 10.4. The van der Waals surface area contributed by atoms with Crippen molar-refractivity contribution in [1.82, 2.24) is 0 Å². The number of nitrogens with one attached hydrogen (secondary N) is 1.